The lowest BCUT2D eigenvalue weighted by atomic mass is 9.58. The van der Waals surface area contributed by atoms with Crippen LogP contribution in [0, 0.1) is 39.9 Å². The number of nitrogens with zero attached hydrogens (tertiary/aromatic N) is 2. The summed E-state index contributed by atoms with van der Waals surface area (Å²) >= 11 is 2.55. The summed E-state index contributed by atoms with van der Waals surface area (Å²) in [6, 6.07) is 25.5. The van der Waals surface area contributed by atoms with Crippen molar-refractivity contribution in [3.8, 4) is 12.1 Å². The van der Waals surface area contributed by atoms with Crippen LogP contribution in [0.25, 0.3) is 6.08 Å². The van der Waals surface area contributed by atoms with Gasteiger partial charge in [-0.2, -0.15) is 10.5 Å². The zero-order valence-electron chi connectivity index (χ0n) is 20.0. The van der Waals surface area contributed by atoms with Crippen LogP contribution in [0.5, 0.6) is 0 Å². The Kier molecular flexibility index (Phi) is 8.34. The van der Waals surface area contributed by atoms with E-state index in [2.05, 4.69) is 110 Å². The number of nitriles is 2. The second-order valence-electron chi connectivity index (χ2n) is 9.16. The van der Waals surface area contributed by atoms with E-state index in [9.17, 15) is 10.5 Å². The zero-order chi connectivity index (χ0) is 24.8. The molecule has 0 heterocycles. The molecule has 0 fully saturated rings. The van der Waals surface area contributed by atoms with Gasteiger partial charge in [0.2, 0.25) is 0 Å². The smallest absolute Gasteiger partial charge is 0.168 e. The van der Waals surface area contributed by atoms with E-state index in [1.54, 1.807) is 6.08 Å². The maximum Gasteiger partial charge on any atom is 0.168 e. The van der Waals surface area contributed by atoms with Crippen LogP contribution in [0.2, 0.25) is 0 Å². The van der Waals surface area contributed by atoms with Gasteiger partial charge >= 0.3 is 0 Å². The van der Waals surface area contributed by atoms with Gasteiger partial charge < -0.3 is 0 Å². The Morgan fingerprint density at radius 3 is 2.21 bits per heavy atom. The Balaban J connectivity index is 2.34. The molecule has 172 valence electrons. The molecule has 0 bridgehead atoms. The molecule has 0 amide bonds. The third-order valence-corrected chi connectivity index (χ3v) is 8.57. The fourth-order valence-corrected chi connectivity index (χ4v) is 6.51. The summed E-state index contributed by atoms with van der Waals surface area (Å²) in [5.41, 5.74) is 4.17. The Morgan fingerprint density at radius 1 is 1.09 bits per heavy atom. The van der Waals surface area contributed by atoms with Crippen molar-refractivity contribution < 1.29 is 0 Å². The number of benzene rings is 2. The summed E-state index contributed by atoms with van der Waals surface area (Å²) < 4.78 is -0.490. The highest BCUT2D eigenvalue weighted by Gasteiger charge is 2.51. The van der Waals surface area contributed by atoms with Crippen LogP contribution < -0.4 is 0 Å². The van der Waals surface area contributed by atoms with Crippen LogP contribution in [0.1, 0.15) is 44.2 Å². The average Bonchev–Trinajstić information content (AvgIpc) is 2.87. The van der Waals surface area contributed by atoms with E-state index in [1.807, 2.05) is 24.3 Å². The molecule has 2 unspecified atom stereocenters. The minimum atomic E-state index is -1.25. The van der Waals surface area contributed by atoms with Gasteiger partial charge in [0.1, 0.15) is 0 Å². The number of hydrogen-bond donors (Lipinski definition) is 0. The van der Waals surface area contributed by atoms with E-state index in [0.29, 0.717) is 6.42 Å². The second kappa shape index (κ2) is 11.0. The average molecular weight is 559 g/mol. The lowest BCUT2D eigenvalue weighted by Crippen LogP contribution is -2.42. The number of halogens is 1. The number of rotatable bonds is 8. The SMILES string of the molecule is C=CCC(C#N)(C#N)C1=C(C)CCC(C(=C)C)[C@H]1C(I)(/C=C/c1ccccc1)c1ccccc1. The molecule has 0 N–H and O–H groups in total. The first kappa shape index (κ1) is 25.7. The van der Waals surface area contributed by atoms with Crippen molar-refractivity contribution in [2.75, 3.05) is 0 Å². The Bertz CT molecular complexity index is 1160. The van der Waals surface area contributed by atoms with Gasteiger partial charge in [0.15, 0.2) is 5.41 Å². The van der Waals surface area contributed by atoms with Crippen molar-refractivity contribution in [3.63, 3.8) is 0 Å². The topological polar surface area (TPSA) is 47.6 Å². The van der Waals surface area contributed by atoms with Crippen LogP contribution in [-0.2, 0) is 3.42 Å². The summed E-state index contributed by atoms with van der Waals surface area (Å²) in [5, 5.41) is 20.7. The standard InChI is InChI=1S/C31H31IN2/c1-5-19-30(21-33,22-34)28-24(4)16-17-27(23(2)3)29(28)31(32,26-14-10-7-11-15-26)20-18-25-12-8-6-9-13-25/h5-15,18,20,27,29H,1-2,16-17,19H2,3-4H3/b20-18+/t27?,29-,31?/m1/s1. The van der Waals surface area contributed by atoms with Gasteiger partial charge in [-0.3, -0.25) is 0 Å². The first-order valence-corrected chi connectivity index (χ1v) is 12.7. The monoisotopic (exact) mass is 558 g/mol. The summed E-state index contributed by atoms with van der Waals surface area (Å²) in [6.07, 6.45) is 8.22. The van der Waals surface area contributed by atoms with E-state index >= 15 is 0 Å². The van der Waals surface area contributed by atoms with Crippen molar-refractivity contribution in [2.45, 2.75) is 36.5 Å². The summed E-state index contributed by atoms with van der Waals surface area (Å²) in [4.78, 5) is 0. The molecule has 1 aliphatic carbocycles. The molecule has 2 nitrogen and oxygen atoms in total. The maximum atomic E-state index is 10.4. The molecule has 34 heavy (non-hydrogen) atoms. The molecule has 0 saturated carbocycles. The van der Waals surface area contributed by atoms with Crippen molar-refractivity contribution in [1.29, 1.82) is 10.5 Å². The number of allylic oxidation sites excluding steroid dienone is 5. The quantitative estimate of drug-likeness (QED) is 0.185. The van der Waals surface area contributed by atoms with Gasteiger partial charge in [-0.1, -0.05) is 119 Å². The van der Waals surface area contributed by atoms with E-state index in [1.165, 1.54) is 0 Å². The van der Waals surface area contributed by atoms with E-state index in [4.69, 9.17) is 0 Å². The van der Waals surface area contributed by atoms with Crippen LogP contribution >= 0.6 is 22.6 Å². The third-order valence-electron chi connectivity index (χ3n) is 6.92. The first-order chi connectivity index (χ1) is 16.3. The van der Waals surface area contributed by atoms with Crippen molar-refractivity contribution in [1.82, 2.24) is 0 Å². The fourth-order valence-electron chi connectivity index (χ4n) is 5.22. The molecule has 3 rings (SSSR count). The van der Waals surface area contributed by atoms with Crippen molar-refractivity contribution >= 4 is 28.7 Å². The van der Waals surface area contributed by atoms with Gasteiger partial charge in [-0.15, -0.1) is 6.58 Å². The van der Waals surface area contributed by atoms with Gasteiger partial charge in [-0.05, 0) is 49.3 Å². The third kappa shape index (κ3) is 4.96. The highest BCUT2D eigenvalue weighted by Crippen LogP contribution is 2.58. The Labute approximate surface area is 218 Å². The van der Waals surface area contributed by atoms with E-state index < -0.39 is 8.84 Å². The van der Waals surface area contributed by atoms with Gasteiger partial charge in [0.25, 0.3) is 0 Å². The second-order valence-corrected chi connectivity index (χ2v) is 10.9. The normalized spacial score (nSPS) is 20.3. The lowest BCUT2D eigenvalue weighted by Gasteiger charge is -2.47. The van der Waals surface area contributed by atoms with Crippen LogP contribution in [-0.4, -0.2) is 0 Å². The predicted molar refractivity (Wildman–Crippen MR) is 150 cm³/mol. The highest BCUT2D eigenvalue weighted by molar-refractivity contribution is 14.1. The molecule has 0 radical (unpaired) electrons. The van der Waals surface area contributed by atoms with Gasteiger partial charge in [-0.25, -0.2) is 0 Å². The molecule has 1 aliphatic rings. The Hall–Kier alpha value is -2.89. The molecule has 3 atom stereocenters. The van der Waals surface area contributed by atoms with Gasteiger partial charge in [0.05, 0.1) is 15.6 Å². The largest absolute Gasteiger partial charge is 0.196 e. The maximum absolute atomic E-state index is 10.4. The minimum Gasteiger partial charge on any atom is -0.196 e. The molecule has 0 aliphatic heterocycles. The van der Waals surface area contributed by atoms with E-state index in [0.717, 1.165) is 40.7 Å². The number of alkyl halides is 1. The molecule has 0 aromatic heterocycles. The van der Waals surface area contributed by atoms with Crippen molar-refractivity contribution in [3.05, 3.63) is 114 Å². The Morgan fingerprint density at radius 2 is 1.68 bits per heavy atom. The minimum absolute atomic E-state index is 0.0963. The predicted octanol–water partition coefficient (Wildman–Crippen LogP) is 8.56. The first-order valence-electron chi connectivity index (χ1n) is 11.6. The van der Waals surface area contributed by atoms with Crippen LogP contribution in [0.3, 0.4) is 0 Å². The molecule has 0 saturated heterocycles. The van der Waals surface area contributed by atoms with Crippen LogP contribution in [0.4, 0.5) is 0 Å². The summed E-state index contributed by atoms with van der Waals surface area (Å²) in [6.45, 7) is 12.4. The summed E-state index contributed by atoms with van der Waals surface area (Å²) in [5.74, 6) is 0.0445. The zero-order valence-corrected chi connectivity index (χ0v) is 22.1. The molecular formula is C31H31IN2. The van der Waals surface area contributed by atoms with Crippen LogP contribution in [0.15, 0.2) is 103 Å². The lowest BCUT2D eigenvalue weighted by molar-refractivity contribution is 0.306. The fraction of sp³-hybridized carbons (Fsp3) is 0.290. The van der Waals surface area contributed by atoms with E-state index in [-0.39, 0.29) is 11.8 Å². The molecule has 2 aromatic rings. The molecule has 3 heteroatoms. The molecular weight excluding hydrogens is 527 g/mol. The van der Waals surface area contributed by atoms with Gasteiger partial charge in [0, 0.05) is 12.3 Å². The summed E-state index contributed by atoms with van der Waals surface area (Å²) in [7, 11) is 0. The number of hydrogen-bond acceptors (Lipinski definition) is 2. The molecule has 0 spiro atoms. The van der Waals surface area contributed by atoms with Crippen molar-refractivity contribution in [2.24, 2.45) is 17.3 Å². The molecule has 2 aromatic carbocycles. The highest BCUT2D eigenvalue weighted by atomic mass is 127.